The number of hydrogen-bond donors (Lipinski definition) is 2. The first-order valence-corrected chi connectivity index (χ1v) is 7.57. The van der Waals surface area contributed by atoms with Crippen LogP contribution in [0.3, 0.4) is 0 Å². The summed E-state index contributed by atoms with van der Waals surface area (Å²) in [6, 6.07) is 18.0. The van der Waals surface area contributed by atoms with Crippen LogP contribution in [-0.4, -0.2) is 12.5 Å². The van der Waals surface area contributed by atoms with Crippen LogP contribution in [0, 0.1) is 3.57 Å². The number of carbonyl (C=O) groups is 1. The summed E-state index contributed by atoms with van der Waals surface area (Å²) < 4.78 is 1.10. The molecule has 0 aliphatic carbocycles. The van der Waals surface area contributed by atoms with E-state index in [1.54, 1.807) is 0 Å². The average molecular weight is 380 g/mol. The summed E-state index contributed by atoms with van der Waals surface area (Å²) in [4.78, 5) is 11.9. The summed E-state index contributed by atoms with van der Waals surface area (Å²) in [5.74, 6) is -0.0326. The van der Waals surface area contributed by atoms with Crippen LogP contribution in [0.1, 0.15) is 18.5 Å². The lowest BCUT2D eigenvalue weighted by Crippen LogP contribution is -2.30. The van der Waals surface area contributed by atoms with Crippen LogP contribution in [0.25, 0.3) is 0 Å². The molecule has 2 aromatic rings. The zero-order valence-corrected chi connectivity index (χ0v) is 13.4. The lowest BCUT2D eigenvalue weighted by molar-refractivity contribution is -0.115. The second kappa shape index (κ2) is 7.40. The maximum Gasteiger partial charge on any atom is 0.238 e. The highest BCUT2D eigenvalue weighted by Gasteiger charge is 2.07. The van der Waals surface area contributed by atoms with E-state index in [9.17, 15) is 4.79 Å². The average Bonchev–Trinajstić information content (AvgIpc) is 2.46. The lowest BCUT2D eigenvalue weighted by atomic mass is 10.1. The van der Waals surface area contributed by atoms with Crippen molar-refractivity contribution in [3.8, 4) is 0 Å². The van der Waals surface area contributed by atoms with Gasteiger partial charge in [-0.1, -0.05) is 36.4 Å². The molecule has 4 heteroatoms. The molecule has 2 aromatic carbocycles. The summed E-state index contributed by atoms with van der Waals surface area (Å²) in [5.41, 5.74) is 2.01. The van der Waals surface area contributed by atoms with E-state index in [1.165, 1.54) is 5.56 Å². The molecule has 0 spiro atoms. The molecular formula is C16H17IN2O. The van der Waals surface area contributed by atoms with Gasteiger partial charge >= 0.3 is 0 Å². The molecule has 0 fully saturated rings. The number of carbonyl (C=O) groups excluding carboxylic acids is 1. The predicted octanol–water partition coefficient (Wildman–Crippen LogP) is 3.58. The van der Waals surface area contributed by atoms with E-state index in [4.69, 9.17) is 0 Å². The van der Waals surface area contributed by atoms with Gasteiger partial charge in [-0.3, -0.25) is 4.79 Å². The van der Waals surface area contributed by atoms with Gasteiger partial charge in [0, 0.05) is 15.3 Å². The van der Waals surface area contributed by atoms with Gasteiger partial charge < -0.3 is 10.6 Å². The Balaban J connectivity index is 1.83. The number of nitrogens with one attached hydrogen (secondary N) is 2. The summed E-state index contributed by atoms with van der Waals surface area (Å²) in [6.07, 6.45) is 0. The van der Waals surface area contributed by atoms with Crippen LogP contribution in [-0.2, 0) is 4.79 Å². The van der Waals surface area contributed by atoms with E-state index >= 15 is 0 Å². The normalized spacial score (nSPS) is 11.9. The Kier molecular flexibility index (Phi) is 5.55. The Hall–Kier alpha value is -1.40. The van der Waals surface area contributed by atoms with Crippen LogP contribution < -0.4 is 10.6 Å². The highest BCUT2D eigenvalue weighted by atomic mass is 127. The highest BCUT2D eigenvalue weighted by molar-refractivity contribution is 14.1. The highest BCUT2D eigenvalue weighted by Crippen LogP contribution is 2.13. The van der Waals surface area contributed by atoms with E-state index in [-0.39, 0.29) is 11.9 Å². The third-order valence-corrected chi connectivity index (χ3v) is 3.65. The van der Waals surface area contributed by atoms with Crippen LogP contribution in [0.4, 0.5) is 5.69 Å². The fourth-order valence-corrected chi connectivity index (χ4v) is 2.42. The smallest absolute Gasteiger partial charge is 0.238 e. The summed E-state index contributed by atoms with van der Waals surface area (Å²) in [6.45, 7) is 2.34. The fourth-order valence-electron chi connectivity index (χ4n) is 1.88. The fraction of sp³-hybridized carbons (Fsp3) is 0.188. The Morgan fingerprint density at radius 1 is 1.15 bits per heavy atom. The largest absolute Gasteiger partial charge is 0.325 e. The van der Waals surface area contributed by atoms with E-state index in [0.29, 0.717) is 6.54 Å². The number of amides is 1. The van der Waals surface area contributed by atoms with E-state index in [0.717, 1.165) is 9.26 Å². The van der Waals surface area contributed by atoms with Crippen molar-refractivity contribution in [1.29, 1.82) is 0 Å². The van der Waals surface area contributed by atoms with Gasteiger partial charge in [0.1, 0.15) is 0 Å². The first kappa shape index (κ1) is 15.0. The second-order valence-electron chi connectivity index (χ2n) is 4.57. The van der Waals surface area contributed by atoms with E-state index in [2.05, 4.69) is 45.4 Å². The minimum absolute atomic E-state index is 0.0326. The van der Waals surface area contributed by atoms with Gasteiger partial charge in [-0.2, -0.15) is 0 Å². The van der Waals surface area contributed by atoms with Gasteiger partial charge in [-0.05, 0) is 53.3 Å². The Morgan fingerprint density at radius 2 is 1.90 bits per heavy atom. The monoisotopic (exact) mass is 380 g/mol. The zero-order chi connectivity index (χ0) is 14.4. The first-order valence-electron chi connectivity index (χ1n) is 6.49. The van der Waals surface area contributed by atoms with Crippen LogP contribution in [0.5, 0.6) is 0 Å². The lowest BCUT2D eigenvalue weighted by Gasteiger charge is -2.14. The molecule has 1 atom stereocenters. The molecule has 0 saturated heterocycles. The molecule has 2 N–H and O–H groups in total. The van der Waals surface area contributed by atoms with Crippen molar-refractivity contribution < 1.29 is 4.79 Å². The van der Waals surface area contributed by atoms with Crippen LogP contribution >= 0.6 is 22.6 Å². The third-order valence-electron chi connectivity index (χ3n) is 2.98. The molecule has 0 bridgehead atoms. The number of hydrogen-bond acceptors (Lipinski definition) is 2. The second-order valence-corrected chi connectivity index (χ2v) is 5.82. The minimum atomic E-state index is -0.0326. The zero-order valence-electron chi connectivity index (χ0n) is 11.3. The van der Waals surface area contributed by atoms with Crippen molar-refractivity contribution in [3.05, 3.63) is 63.7 Å². The Labute approximate surface area is 132 Å². The molecule has 0 radical (unpaired) electrons. The summed E-state index contributed by atoms with van der Waals surface area (Å²) in [5, 5.41) is 6.10. The third kappa shape index (κ3) is 4.61. The topological polar surface area (TPSA) is 41.1 Å². The molecule has 0 saturated carbocycles. The van der Waals surface area contributed by atoms with E-state index < -0.39 is 0 Å². The first-order chi connectivity index (χ1) is 9.65. The van der Waals surface area contributed by atoms with Gasteiger partial charge in [0.25, 0.3) is 0 Å². The molecule has 0 aliphatic heterocycles. The maximum atomic E-state index is 11.9. The number of benzene rings is 2. The molecule has 0 heterocycles. The molecule has 104 valence electrons. The standard InChI is InChI=1S/C16H17IN2O/c1-12(13-6-3-2-4-7-13)18-11-16(20)19-15-9-5-8-14(17)10-15/h2-10,12,18H,11H2,1H3,(H,19,20)/t12-/m0/s1. The van der Waals surface area contributed by atoms with Crippen molar-refractivity contribution in [3.63, 3.8) is 0 Å². The number of rotatable bonds is 5. The Morgan fingerprint density at radius 3 is 2.60 bits per heavy atom. The SMILES string of the molecule is C[C@H](NCC(=O)Nc1cccc(I)c1)c1ccccc1. The maximum absolute atomic E-state index is 11.9. The molecular weight excluding hydrogens is 363 g/mol. The van der Waals surface area contributed by atoms with Crippen molar-refractivity contribution in [2.24, 2.45) is 0 Å². The van der Waals surface area contributed by atoms with Crippen molar-refractivity contribution in [2.45, 2.75) is 13.0 Å². The van der Waals surface area contributed by atoms with E-state index in [1.807, 2.05) is 49.4 Å². The molecule has 0 unspecified atom stereocenters. The van der Waals surface area contributed by atoms with Gasteiger partial charge in [0.15, 0.2) is 0 Å². The number of halogens is 1. The molecule has 1 amide bonds. The predicted molar refractivity (Wildman–Crippen MR) is 90.6 cm³/mol. The van der Waals surface area contributed by atoms with Crippen molar-refractivity contribution in [1.82, 2.24) is 5.32 Å². The van der Waals surface area contributed by atoms with Crippen molar-refractivity contribution >= 4 is 34.2 Å². The quantitative estimate of drug-likeness (QED) is 0.779. The Bertz CT molecular complexity index is 572. The van der Waals surface area contributed by atoms with Gasteiger partial charge in [0.2, 0.25) is 5.91 Å². The molecule has 2 rings (SSSR count). The summed E-state index contributed by atoms with van der Waals surface area (Å²) >= 11 is 2.22. The summed E-state index contributed by atoms with van der Waals surface area (Å²) in [7, 11) is 0. The van der Waals surface area contributed by atoms with Gasteiger partial charge in [-0.25, -0.2) is 0 Å². The van der Waals surface area contributed by atoms with Crippen molar-refractivity contribution in [2.75, 3.05) is 11.9 Å². The van der Waals surface area contributed by atoms with Crippen LogP contribution in [0.2, 0.25) is 0 Å². The molecule has 0 aliphatic rings. The minimum Gasteiger partial charge on any atom is -0.325 e. The molecule has 0 aromatic heterocycles. The van der Waals surface area contributed by atoms with Crippen LogP contribution in [0.15, 0.2) is 54.6 Å². The van der Waals surface area contributed by atoms with Gasteiger partial charge in [-0.15, -0.1) is 0 Å². The number of anilines is 1. The molecule has 20 heavy (non-hydrogen) atoms. The molecule has 3 nitrogen and oxygen atoms in total. The van der Waals surface area contributed by atoms with Gasteiger partial charge in [0.05, 0.1) is 6.54 Å².